The maximum Gasteiger partial charge on any atom is 0.316 e. The lowest BCUT2D eigenvalue weighted by Gasteiger charge is -2.32. The van der Waals surface area contributed by atoms with Crippen molar-refractivity contribution in [3.8, 4) is 0 Å². The molecule has 0 aromatic heterocycles. The molecule has 0 bridgehead atoms. The van der Waals surface area contributed by atoms with Gasteiger partial charge < -0.3 is 4.74 Å². The van der Waals surface area contributed by atoms with E-state index in [-0.39, 0.29) is 18.0 Å². The minimum atomic E-state index is -0.490. The molecule has 0 N–H and O–H groups in total. The molecule has 1 unspecified atom stereocenters. The van der Waals surface area contributed by atoms with E-state index in [1.807, 2.05) is 20.8 Å². The molecule has 1 aliphatic rings. The molecule has 1 fully saturated rings. The highest BCUT2D eigenvalue weighted by atomic mass is 16.5. The van der Waals surface area contributed by atoms with Gasteiger partial charge in [0.25, 0.3) is 0 Å². The number of carbonyl (C=O) groups is 1. The molecule has 0 aromatic rings. The maximum atomic E-state index is 12.4. The molecule has 1 saturated carbocycles. The van der Waals surface area contributed by atoms with E-state index in [9.17, 15) is 4.79 Å². The van der Waals surface area contributed by atoms with Gasteiger partial charge in [0.2, 0.25) is 0 Å². The first-order valence-corrected chi connectivity index (χ1v) is 7.23. The SMILES string of the molecule is CC(C)=CC(C)(C(=O)OC1CCCCC1)C(C)C. The normalized spacial score (nSPS) is 20.3. The Kier molecular flexibility index (Phi) is 5.43. The van der Waals surface area contributed by atoms with Crippen LogP contribution in [0.15, 0.2) is 11.6 Å². The molecule has 0 radical (unpaired) electrons. The van der Waals surface area contributed by atoms with Crippen LogP contribution in [0.5, 0.6) is 0 Å². The average molecular weight is 252 g/mol. The lowest BCUT2D eigenvalue weighted by molar-refractivity contribution is -0.161. The zero-order valence-corrected chi connectivity index (χ0v) is 12.6. The van der Waals surface area contributed by atoms with Crippen molar-refractivity contribution in [3.05, 3.63) is 11.6 Å². The van der Waals surface area contributed by atoms with Gasteiger partial charge in [0.05, 0.1) is 5.41 Å². The van der Waals surface area contributed by atoms with Crippen molar-refractivity contribution in [2.75, 3.05) is 0 Å². The molecule has 0 heterocycles. The Labute approximate surface area is 112 Å². The minimum absolute atomic E-state index is 0.0504. The molecule has 0 aliphatic heterocycles. The second kappa shape index (κ2) is 6.40. The molecular formula is C16H28O2. The Balaban J connectivity index is 2.73. The first kappa shape index (κ1) is 15.3. The molecule has 1 atom stereocenters. The monoisotopic (exact) mass is 252 g/mol. The average Bonchev–Trinajstić information content (AvgIpc) is 2.29. The lowest BCUT2D eigenvalue weighted by atomic mass is 9.78. The fourth-order valence-electron chi connectivity index (χ4n) is 2.52. The Morgan fingerprint density at radius 2 is 1.78 bits per heavy atom. The van der Waals surface area contributed by atoms with Gasteiger partial charge in [-0.2, -0.15) is 0 Å². The van der Waals surface area contributed by atoms with Crippen LogP contribution in [0.1, 0.15) is 66.7 Å². The standard InChI is InChI=1S/C16H28O2/c1-12(2)11-16(5,13(3)4)15(17)18-14-9-7-6-8-10-14/h11,13-14H,6-10H2,1-5H3. The third-order valence-electron chi connectivity index (χ3n) is 4.05. The molecular weight excluding hydrogens is 224 g/mol. The summed E-state index contributed by atoms with van der Waals surface area (Å²) in [5.74, 6) is 0.203. The van der Waals surface area contributed by atoms with Gasteiger partial charge in [-0.25, -0.2) is 0 Å². The number of hydrogen-bond donors (Lipinski definition) is 0. The summed E-state index contributed by atoms with van der Waals surface area (Å²) >= 11 is 0. The van der Waals surface area contributed by atoms with Crippen molar-refractivity contribution in [1.82, 2.24) is 0 Å². The Hall–Kier alpha value is -0.790. The first-order chi connectivity index (χ1) is 8.36. The Morgan fingerprint density at radius 1 is 1.22 bits per heavy atom. The van der Waals surface area contributed by atoms with Crippen molar-refractivity contribution in [2.24, 2.45) is 11.3 Å². The molecule has 104 valence electrons. The van der Waals surface area contributed by atoms with Crippen LogP contribution >= 0.6 is 0 Å². The van der Waals surface area contributed by atoms with Gasteiger partial charge in [-0.3, -0.25) is 4.79 Å². The van der Waals surface area contributed by atoms with Gasteiger partial charge >= 0.3 is 5.97 Å². The Bertz CT molecular complexity index is 307. The smallest absolute Gasteiger partial charge is 0.316 e. The van der Waals surface area contributed by atoms with E-state index in [4.69, 9.17) is 4.74 Å². The van der Waals surface area contributed by atoms with Crippen LogP contribution in [-0.4, -0.2) is 12.1 Å². The van der Waals surface area contributed by atoms with Gasteiger partial charge in [-0.1, -0.05) is 31.9 Å². The van der Waals surface area contributed by atoms with Crippen LogP contribution in [0.3, 0.4) is 0 Å². The van der Waals surface area contributed by atoms with Gasteiger partial charge in [0.1, 0.15) is 6.10 Å². The van der Waals surface area contributed by atoms with E-state index < -0.39 is 5.41 Å². The van der Waals surface area contributed by atoms with Crippen LogP contribution in [-0.2, 0) is 9.53 Å². The number of hydrogen-bond acceptors (Lipinski definition) is 2. The molecule has 0 amide bonds. The van der Waals surface area contributed by atoms with Crippen LogP contribution in [0.4, 0.5) is 0 Å². The molecule has 1 rings (SSSR count). The largest absolute Gasteiger partial charge is 0.462 e. The number of carbonyl (C=O) groups excluding carboxylic acids is 1. The predicted molar refractivity (Wildman–Crippen MR) is 75.3 cm³/mol. The molecule has 0 spiro atoms. The molecule has 2 nitrogen and oxygen atoms in total. The number of esters is 1. The number of rotatable bonds is 4. The fraction of sp³-hybridized carbons (Fsp3) is 0.812. The summed E-state index contributed by atoms with van der Waals surface area (Å²) in [7, 11) is 0. The molecule has 2 heteroatoms. The lowest BCUT2D eigenvalue weighted by Crippen LogP contribution is -2.36. The molecule has 0 aromatic carbocycles. The minimum Gasteiger partial charge on any atom is -0.462 e. The summed E-state index contributed by atoms with van der Waals surface area (Å²) in [5.41, 5.74) is 0.683. The van der Waals surface area contributed by atoms with Gasteiger partial charge in [-0.05, 0) is 52.4 Å². The second-order valence-corrected chi connectivity index (χ2v) is 6.32. The van der Waals surface area contributed by atoms with Crippen LogP contribution in [0.2, 0.25) is 0 Å². The summed E-state index contributed by atoms with van der Waals surface area (Å²) in [6.45, 7) is 10.2. The van der Waals surface area contributed by atoms with E-state index >= 15 is 0 Å². The van der Waals surface area contributed by atoms with E-state index in [1.54, 1.807) is 0 Å². The predicted octanol–water partition coefficient (Wildman–Crippen LogP) is 4.49. The molecule has 0 saturated heterocycles. The van der Waals surface area contributed by atoms with Crippen LogP contribution in [0, 0.1) is 11.3 Å². The highest BCUT2D eigenvalue weighted by Crippen LogP contribution is 2.33. The summed E-state index contributed by atoms with van der Waals surface area (Å²) in [5, 5.41) is 0. The van der Waals surface area contributed by atoms with Crippen LogP contribution in [0.25, 0.3) is 0 Å². The van der Waals surface area contributed by atoms with Gasteiger partial charge in [0, 0.05) is 0 Å². The highest BCUT2D eigenvalue weighted by molar-refractivity contribution is 5.79. The quantitative estimate of drug-likeness (QED) is 0.544. The Morgan fingerprint density at radius 3 is 2.22 bits per heavy atom. The van der Waals surface area contributed by atoms with Crippen molar-refractivity contribution in [2.45, 2.75) is 72.8 Å². The van der Waals surface area contributed by atoms with Crippen molar-refractivity contribution in [1.29, 1.82) is 0 Å². The van der Waals surface area contributed by atoms with E-state index in [0.29, 0.717) is 0 Å². The van der Waals surface area contributed by atoms with Crippen LogP contribution < -0.4 is 0 Å². The molecule has 1 aliphatic carbocycles. The number of ether oxygens (including phenoxy) is 1. The van der Waals surface area contributed by atoms with Gasteiger partial charge in [0.15, 0.2) is 0 Å². The molecule has 18 heavy (non-hydrogen) atoms. The third kappa shape index (κ3) is 3.86. The fourth-order valence-corrected chi connectivity index (χ4v) is 2.52. The summed E-state index contributed by atoms with van der Waals surface area (Å²) in [6.07, 6.45) is 7.95. The number of allylic oxidation sites excluding steroid dienone is 1. The van der Waals surface area contributed by atoms with Crippen molar-refractivity contribution >= 4 is 5.97 Å². The van der Waals surface area contributed by atoms with Crippen molar-refractivity contribution in [3.63, 3.8) is 0 Å². The topological polar surface area (TPSA) is 26.3 Å². The van der Waals surface area contributed by atoms with E-state index in [1.165, 1.54) is 24.8 Å². The first-order valence-electron chi connectivity index (χ1n) is 7.23. The zero-order valence-electron chi connectivity index (χ0n) is 12.6. The van der Waals surface area contributed by atoms with E-state index in [2.05, 4.69) is 19.9 Å². The maximum absolute atomic E-state index is 12.4. The summed E-state index contributed by atoms with van der Waals surface area (Å²) in [6, 6.07) is 0. The summed E-state index contributed by atoms with van der Waals surface area (Å²) < 4.78 is 5.74. The third-order valence-corrected chi connectivity index (χ3v) is 4.05. The summed E-state index contributed by atoms with van der Waals surface area (Å²) in [4.78, 5) is 12.4. The van der Waals surface area contributed by atoms with E-state index in [0.717, 1.165) is 12.8 Å². The van der Waals surface area contributed by atoms with Crippen molar-refractivity contribution < 1.29 is 9.53 Å². The second-order valence-electron chi connectivity index (χ2n) is 6.32. The highest BCUT2D eigenvalue weighted by Gasteiger charge is 2.37. The van der Waals surface area contributed by atoms with Gasteiger partial charge in [-0.15, -0.1) is 0 Å². The zero-order chi connectivity index (χ0) is 13.8.